The molecule has 0 saturated carbocycles. The predicted molar refractivity (Wildman–Crippen MR) is 76.3 cm³/mol. The van der Waals surface area contributed by atoms with Crippen molar-refractivity contribution in [1.82, 2.24) is 10.3 Å². The average Bonchev–Trinajstić information content (AvgIpc) is 2.74. The second kappa shape index (κ2) is 6.38. The first-order chi connectivity index (χ1) is 7.75. The Hall–Kier alpha value is 0.420. The molecule has 0 aliphatic carbocycles. The quantitative estimate of drug-likeness (QED) is 0.915. The minimum Gasteiger partial charge on any atom is -0.308 e. The maximum absolute atomic E-state index is 4.38. The Morgan fingerprint density at radius 2 is 2.31 bits per heavy atom. The molecular weight excluding hydrogens is 304 g/mol. The summed E-state index contributed by atoms with van der Waals surface area (Å²) >= 11 is 7.26. The van der Waals surface area contributed by atoms with Crippen molar-refractivity contribution in [1.29, 1.82) is 0 Å². The van der Waals surface area contributed by atoms with Crippen LogP contribution in [0.25, 0.3) is 0 Å². The first kappa shape index (κ1) is 12.9. The number of thiazole rings is 1. The van der Waals surface area contributed by atoms with E-state index in [9.17, 15) is 0 Å². The van der Waals surface area contributed by atoms with E-state index in [-0.39, 0.29) is 0 Å². The van der Waals surface area contributed by atoms with Crippen molar-refractivity contribution in [2.45, 2.75) is 25.8 Å². The van der Waals surface area contributed by atoms with Gasteiger partial charge in [0, 0.05) is 0 Å². The summed E-state index contributed by atoms with van der Waals surface area (Å²) in [5, 5.41) is 4.78. The number of halogens is 1. The molecular formula is C11H17BrN2S2. The van der Waals surface area contributed by atoms with E-state index in [1.807, 2.05) is 6.20 Å². The second-order valence-corrected chi connectivity index (χ2v) is 7.85. The van der Waals surface area contributed by atoms with Gasteiger partial charge in [-0.15, -0.1) is 11.3 Å². The van der Waals surface area contributed by atoms with Crippen LogP contribution in [0.3, 0.4) is 0 Å². The molecule has 1 aromatic rings. The highest BCUT2D eigenvalue weighted by Crippen LogP contribution is 2.26. The van der Waals surface area contributed by atoms with Crippen LogP contribution in [0.1, 0.15) is 30.8 Å². The minimum absolute atomic E-state index is 0.380. The van der Waals surface area contributed by atoms with Crippen LogP contribution in [0, 0.1) is 5.92 Å². The lowest BCUT2D eigenvalue weighted by molar-refractivity contribution is 0.420. The van der Waals surface area contributed by atoms with Crippen molar-refractivity contribution in [2.24, 2.45) is 5.92 Å². The monoisotopic (exact) mass is 320 g/mol. The van der Waals surface area contributed by atoms with E-state index in [0.29, 0.717) is 6.04 Å². The molecule has 0 radical (unpaired) electrons. The van der Waals surface area contributed by atoms with Gasteiger partial charge in [0.05, 0.1) is 16.0 Å². The molecule has 2 heterocycles. The molecule has 1 aromatic heterocycles. The Labute approximate surface area is 114 Å². The summed E-state index contributed by atoms with van der Waals surface area (Å²) in [6, 6.07) is 0.380. The third-order valence-electron chi connectivity index (χ3n) is 2.92. The van der Waals surface area contributed by atoms with Crippen molar-refractivity contribution in [2.75, 3.05) is 18.1 Å². The van der Waals surface area contributed by atoms with E-state index < -0.39 is 0 Å². The lowest BCUT2D eigenvalue weighted by atomic mass is 10.0. The zero-order valence-electron chi connectivity index (χ0n) is 9.41. The molecule has 0 spiro atoms. The molecule has 0 aromatic carbocycles. The largest absolute Gasteiger partial charge is 0.308 e. The highest BCUT2D eigenvalue weighted by molar-refractivity contribution is 9.11. The molecule has 1 unspecified atom stereocenters. The molecule has 1 aliphatic heterocycles. The highest BCUT2D eigenvalue weighted by Gasteiger charge is 2.16. The fourth-order valence-electron chi connectivity index (χ4n) is 1.85. The fourth-order valence-corrected chi connectivity index (χ4v) is 4.32. The van der Waals surface area contributed by atoms with Crippen LogP contribution in [-0.4, -0.2) is 23.0 Å². The van der Waals surface area contributed by atoms with Gasteiger partial charge in [-0.1, -0.05) is 0 Å². The first-order valence-electron chi connectivity index (χ1n) is 5.68. The molecule has 1 atom stereocenters. The fraction of sp³-hybridized carbons (Fsp3) is 0.727. The van der Waals surface area contributed by atoms with Gasteiger partial charge in [0.25, 0.3) is 0 Å². The number of nitrogens with zero attached hydrogens (tertiary/aromatic N) is 1. The van der Waals surface area contributed by atoms with Crippen LogP contribution in [-0.2, 0) is 0 Å². The summed E-state index contributed by atoms with van der Waals surface area (Å²) in [5.41, 5.74) is 0. The van der Waals surface area contributed by atoms with E-state index in [2.05, 4.69) is 44.9 Å². The molecule has 0 amide bonds. The summed E-state index contributed by atoms with van der Waals surface area (Å²) in [6.45, 7) is 3.34. The Bertz CT molecular complexity index is 324. The summed E-state index contributed by atoms with van der Waals surface area (Å²) < 4.78 is 1.12. The molecule has 1 N–H and O–H groups in total. The number of aromatic nitrogens is 1. The van der Waals surface area contributed by atoms with Crippen LogP contribution in [0.2, 0.25) is 0 Å². The summed E-state index contributed by atoms with van der Waals surface area (Å²) in [4.78, 5) is 4.38. The van der Waals surface area contributed by atoms with Crippen LogP contribution in [0.15, 0.2) is 9.98 Å². The highest BCUT2D eigenvalue weighted by atomic mass is 79.9. The second-order valence-electron chi connectivity index (χ2n) is 4.19. The third-order valence-corrected chi connectivity index (χ3v) is 5.63. The van der Waals surface area contributed by atoms with Gasteiger partial charge in [-0.05, 0) is 59.7 Å². The molecule has 16 heavy (non-hydrogen) atoms. The Balaban J connectivity index is 1.76. The number of nitrogens with one attached hydrogen (secondary N) is 1. The summed E-state index contributed by atoms with van der Waals surface area (Å²) in [6.07, 6.45) is 4.62. The standard InChI is InChI=1S/C11H17BrN2S2/c1-8(11-14-7-10(12)16-11)13-6-9-2-4-15-5-3-9/h7-9,13H,2-6H2,1H3. The van der Waals surface area contributed by atoms with Crippen LogP contribution in [0.4, 0.5) is 0 Å². The smallest absolute Gasteiger partial charge is 0.110 e. The van der Waals surface area contributed by atoms with Crippen molar-refractivity contribution in [3.8, 4) is 0 Å². The zero-order chi connectivity index (χ0) is 11.4. The average molecular weight is 321 g/mol. The Morgan fingerprint density at radius 3 is 2.94 bits per heavy atom. The van der Waals surface area contributed by atoms with E-state index in [1.54, 1.807) is 11.3 Å². The molecule has 90 valence electrons. The Kier molecular flexibility index (Phi) is 5.13. The maximum Gasteiger partial charge on any atom is 0.110 e. The third kappa shape index (κ3) is 3.72. The number of hydrogen-bond acceptors (Lipinski definition) is 4. The van der Waals surface area contributed by atoms with Gasteiger partial charge in [0.15, 0.2) is 0 Å². The van der Waals surface area contributed by atoms with Crippen LogP contribution in [0.5, 0.6) is 0 Å². The first-order valence-corrected chi connectivity index (χ1v) is 8.44. The predicted octanol–water partition coefficient (Wildman–Crippen LogP) is 3.70. The van der Waals surface area contributed by atoms with Gasteiger partial charge < -0.3 is 5.32 Å². The molecule has 1 fully saturated rings. The molecule has 1 saturated heterocycles. The maximum atomic E-state index is 4.38. The van der Waals surface area contributed by atoms with Gasteiger partial charge in [-0.2, -0.15) is 11.8 Å². The summed E-state index contributed by atoms with van der Waals surface area (Å²) in [7, 11) is 0. The minimum atomic E-state index is 0.380. The molecule has 2 nitrogen and oxygen atoms in total. The molecule has 5 heteroatoms. The van der Waals surface area contributed by atoms with E-state index in [0.717, 1.165) is 16.2 Å². The van der Waals surface area contributed by atoms with Crippen LogP contribution < -0.4 is 5.32 Å². The number of thioether (sulfide) groups is 1. The van der Waals surface area contributed by atoms with Crippen molar-refractivity contribution in [3.63, 3.8) is 0 Å². The SMILES string of the molecule is CC(NCC1CCSCC1)c1ncc(Br)s1. The van der Waals surface area contributed by atoms with Gasteiger partial charge >= 0.3 is 0 Å². The van der Waals surface area contributed by atoms with Gasteiger partial charge in [-0.3, -0.25) is 0 Å². The van der Waals surface area contributed by atoms with Crippen molar-refractivity contribution in [3.05, 3.63) is 15.0 Å². The summed E-state index contributed by atoms with van der Waals surface area (Å²) in [5.74, 6) is 3.54. The Morgan fingerprint density at radius 1 is 1.56 bits per heavy atom. The van der Waals surface area contributed by atoms with Gasteiger partial charge in [-0.25, -0.2) is 4.98 Å². The normalized spacial score (nSPS) is 19.9. The van der Waals surface area contributed by atoms with Crippen LogP contribution >= 0.6 is 39.0 Å². The van der Waals surface area contributed by atoms with E-state index in [4.69, 9.17) is 0 Å². The van der Waals surface area contributed by atoms with Gasteiger partial charge in [0.1, 0.15) is 5.01 Å². The van der Waals surface area contributed by atoms with Gasteiger partial charge in [0.2, 0.25) is 0 Å². The molecule has 0 bridgehead atoms. The van der Waals surface area contributed by atoms with E-state index >= 15 is 0 Å². The topological polar surface area (TPSA) is 24.9 Å². The van der Waals surface area contributed by atoms with Crippen molar-refractivity contribution < 1.29 is 0 Å². The van der Waals surface area contributed by atoms with Crippen molar-refractivity contribution >= 4 is 39.0 Å². The molecule has 2 rings (SSSR count). The number of hydrogen-bond donors (Lipinski definition) is 1. The van der Waals surface area contributed by atoms with E-state index in [1.165, 1.54) is 29.4 Å². The number of rotatable bonds is 4. The zero-order valence-corrected chi connectivity index (χ0v) is 12.6. The lowest BCUT2D eigenvalue weighted by Gasteiger charge is -2.23. The molecule has 1 aliphatic rings. The lowest BCUT2D eigenvalue weighted by Crippen LogP contribution is -2.27.